The number of aryl methyl sites for hydroxylation is 1. The van der Waals surface area contributed by atoms with E-state index in [0.29, 0.717) is 6.42 Å². The zero-order valence-corrected chi connectivity index (χ0v) is 38.7. The van der Waals surface area contributed by atoms with Crippen molar-refractivity contribution >= 4 is 5.91 Å². The Hall–Kier alpha value is -1.63. The van der Waals surface area contributed by atoms with Crippen molar-refractivity contribution in [2.45, 2.75) is 268 Å². The Morgan fingerprint density at radius 3 is 1.52 bits per heavy atom. The number of rotatable bonds is 41. The van der Waals surface area contributed by atoms with Gasteiger partial charge in [-0.1, -0.05) is 217 Å². The Bertz CT molecular complexity index is 1130. The fourth-order valence-electron chi connectivity index (χ4n) is 8.63. The summed E-state index contributed by atoms with van der Waals surface area (Å²) in [5.74, 6) is -0.256. The Morgan fingerprint density at radius 1 is 0.607 bits per heavy atom. The van der Waals surface area contributed by atoms with Crippen molar-refractivity contribution in [1.82, 2.24) is 5.32 Å². The molecule has 1 aliphatic heterocycles. The molecule has 0 saturated carbocycles. The summed E-state index contributed by atoms with van der Waals surface area (Å²) in [5, 5.41) is 65.3. The largest absolute Gasteiger partial charge is 0.394 e. The summed E-state index contributed by atoms with van der Waals surface area (Å²) in [6.07, 6.45) is 29.1. The number of nitrogens with one attached hydrogen (secondary N) is 1. The Labute approximate surface area is 372 Å². The second-order valence-corrected chi connectivity index (χ2v) is 18.3. The van der Waals surface area contributed by atoms with Crippen molar-refractivity contribution in [3.63, 3.8) is 0 Å². The number of aliphatic hydroxyl groups is 6. The monoisotopic (exact) mass is 864 g/mol. The third kappa shape index (κ3) is 27.3. The molecule has 0 bridgehead atoms. The molecule has 1 aromatic carbocycles. The van der Waals surface area contributed by atoms with Crippen LogP contribution in [0.15, 0.2) is 30.3 Å². The van der Waals surface area contributed by atoms with Gasteiger partial charge < -0.3 is 45.4 Å². The van der Waals surface area contributed by atoms with Gasteiger partial charge in [-0.2, -0.15) is 0 Å². The summed E-state index contributed by atoms with van der Waals surface area (Å²) < 4.78 is 11.2. The highest BCUT2D eigenvalue weighted by atomic mass is 16.7. The molecule has 1 aromatic rings. The van der Waals surface area contributed by atoms with Crippen LogP contribution >= 0.6 is 0 Å². The average molecular weight is 864 g/mol. The van der Waals surface area contributed by atoms with E-state index < -0.39 is 55.6 Å². The van der Waals surface area contributed by atoms with Gasteiger partial charge in [0.05, 0.1) is 25.4 Å². The number of hydrogen-bond acceptors (Lipinski definition) is 9. The van der Waals surface area contributed by atoms with Crippen LogP contribution in [0.5, 0.6) is 0 Å². The second kappa shape index (κ2) is 37.7. The summed E-state index contributed by atoms with van der Waals surface area (Å²) in [7, 11) is 0. The second-order valence-electron chi connectivity index (χ2n) is 18.3. The van der Waals surface area contributed by atoms with Gasteiger partial charge in [-0.15, -0.1) is 0 Å². The minimum absolute atomic E-state index is 0.256. The maximum atomic E-state index is 13.0. The maximum absolute atomic E-state index is 13.0. The van der Waals surface area contributed by atoms with Gasteiger partial charge in [-0.3, -0.25) is 4.79 Å². The number of hydrogen-bond donors (Lipinski definition) is 7. The Balaban J connectivity index is 1.56. The molecule has 356 valence electrons. The molecule has 0 aromatic heterocycles. The Kier molecular flexibility index (Phi) is 34.3. The minimum atomic E-state index is -1.61. The lowest BCUT2D eigenvalue weighted by Crippen LogP contribution is -2.60. The molecule has 10 heteroatoms. The van der Waals surface area contributed by atoms with Crippen LogP contribution in [0.4, 0.5) is 0 Å². The highest BCUT2D eigenvalue weighted by Crippen LogP contribution is 2.23. The molecule has 7 N–H and O–H groups in total. The summed E-state index contributed by atoms with van der Waals surface area (Å²) >= 11 is 0. The van der Waals surface area contributed by atoms with Crippen LogP contribution in [0.3, 0.4) is 0 Å². The molecule has 0 aliphatic carbocycles. The molecular weight excluding hydrogens is 771 g/mol. The van der Waals surface area contributed by atoms with Crippen LogP contribution in [0.25, 0.3) is 0 Å². The van der Waals surface area contributed by atoms with Crippen molar-refractivity contribution in [3.8, 4) is 0 Å². The first-order valence-corrected chi connectivity index (χ1v) is 25.4. The fourth-order valence-corrected chi connectivity index (χ4v) is 8.63. The summed E-state index contributed by atoms with van der Waals surface area (Å²) in [5.41, 5.74) is 1.46. The van der Waals surface area contributed by atoms with Crippen LogP contribution < -0.4 is 5.32 Å². The van der Waals surface area contributed by atoms with E-state index >= 15 is 0 Å². The van der Waals surface area contributed by atoms with Crippen LogP contribution in [-0.2, 0) is 20.7 Å². The highest BCUT2D eigenvalue weighted by molar-refractivity contribution is 5.76. The quantitative estimate of drug-likeness (QED) is 0.0317. The van der Waals surface area contributed by atoms with Crippen molar-refractivity contribution in [1.29, 1.82) is 0 Å². The number of unbranched alkanes of at least 4 members (excludes halogenated alkanes) is 28. The third-order valence-electron chi connectivity index (χ3n) is 12.8. The lowest BCUT2D eigenvalue weighted by atomic mass is 9.98. The molecule has 0 radical (unpaired) electrons. The molecule has 1 aliphatic rings. The van der Waals surface area contributed by atoms with Crippen LogP contribution in [0, 0.1) is 0 Å². The van der Waals surface area contributed by atoms with Gasteiger partial charge in [-0.25, -0.2) is 0 Å². The van der Waals surface area contributed by atoms with E-state index in [1.807, 2.05) is 0 Å². The van der Waals surface area contributed by atoms with E-state index in [-0.39, 0.29) is 18.9 Å². The standard InChI is InChI=1S/C51H93NO9/c1-2-3-4-5-6-7-8-18-21-24-27-33-38-44(54)47(56)43(41-60-51-50(59)49(58)48(57)45(40-53)61-51)52-46(55)39-34-28-25-22-19-16-14-12-10-9-11-13-15-17-20-23-26-30-35-42-36-31-29-32-37-42/h29,31-32,36-37,43-45,47-51,53-54,56-59H,2-28,30,33-35,38-41H2,1H3,(H,52,55)/t43-,44+,45?,47-,48?,49?,50?,51?/m0/s1. The zero-order chi connectivity index (χ0) is 44.2. The number of ether oxygens (including phenoxy) is 2. The maximum Gasteiger partial charge on any atom is 0.220 e. The van der Waals surface area contributed by atoms with Crippen molar-refractivity contribution in [2.24, 2.45) is 0 Å². The van der Waals surface area contributed by atoms with Gasteiger partial charge in [0.1, 0.15) is 30.5 Å². The fraction of sp³-hybridized carbons (Fsp3) is 0.863. The zero-order valence-electron chi connectivity index (χ0n) is 38.7. The number of amides is 1. The van der Waals surface area contributed by atoms with Gasteiger partial charge in [0.15, 0.2) is 6.29 Å². The van der Waals surface area contributed by atoms with Crippen LogP contribution in [0.2, 0.25) is 0 Å². The smallest absolute Gasteiger partial charge is 0.220 e. The lowest BCUT2D eigenvalue weighted by Gasteiger charge is -2.40. The third-order valence-corrected chi connectivity index (χ3v) is 12.8. The average Bonchev–Trinajstić information content (AvgIpc) is 3.27. The molecule has 61 heavy (non-hydrogen) atoms. The van der Waals surface area contributed by atoms with E-state index in [2.05, 4.69) is 42.6 Å². The molecule has 2 rings (SSSR count). The molecule has 1 fully saturated rings. The van der Waals surface area contributed by atoms with E-state index in [9.17, 15) is 35.4 Å². The van der Waals surface area contributed by atoms with E-state index in [4.69, 9.17) is 9.47 Å². The molecule has 1 amide bonds. The minimum Gasteiger partial charge on any atom is -0.394 e. The highest BCUT2D eigenvalue weighted by Gasteiger charge is 2.44. The van der Waals surface area contributed by atoms with Crippen molar-refractivity contribution in [2.75, 3.05) is 13.2 Å². The summed E-state index contributed by atoms with van der Waals surface area (Å²) in [4.78, 5) is 13.0. The topological polar surface area (TPSA) is 169 Å². The number of carbonyl (C=O) groups is 1. The first kappa shape index (κ1) is 55.5. The SMILES string of the molecule is CCCCCCCCCCCCCC[C@@H](O)[C@@H](O)[C@H](COC1OC(CO)C(O)C(O)C1O)NC(=O)CCCCCCCCCCCCCCCCCCCCc1ccccc1. The molecule has 1 saturated heterocycles. The number of aliphatic hydroxyl groups excluding tert-OH is 6. The molecular formula is C51H93NO9. The first-order valence-electron chi connectivity index (χ1n) is 25.4. The van der Waals surface area contributed by atoms with E-state index in [1.54, 1.807) is 0 Å². The molecule has 8 atom stereocenters. The lowest BCUT2D eigenvalue weighted by molar-refractivity contribution is -0.303. The van der Waals surface area contributed by atoms with Gasteiger partial charge in [0.25, 0.3) is 0 Å². The van der Waals surface area contributed by atoms with Gasteiger partial charge in [-0.05, 0) is 31.2 Å². The summed E-state index contributed by atoms with van der Waals surface area (Å²) in [6, 6.07) is 9.83. The van der Waals surface area contributed by atoms with E-state index in [1.165, 1.54) is 153 Å². The number of carbonyl (C=O) groups excluding carboxylic acids is 1. The van der Waals surface area contributed by atoms with Crippen molar-refractivity contribution in [3.05, 3.63) is 35.9 Å². The summed E-state index contributed by atoms with van der Waals surface area (Å²) in [6.45, 7) is 1.34. The molecule has 1 heterocycles. The molecule has 5 unspecified atom stereocenters. The normalized spacial score (nSPS) is 20.7. The van der Waals surface area contributed by atoms with Gasteiger partial charge in [0.2, 0.25) is 5.91 Å². The predicted molar refractivity (Wildman–Crippen MR) is 247 cm³/mol. The van der Waals surface area contributed by atoms with Gasteiger partial charge >= 0.3 is 0 Å². The van der Waals surface area contributed by atoms with Crippen molar-refractivity contribution < 1.29 is 44.9 Å². The predicted octanol–water partition coefficient (Wildman–Crippen LogP) is 9.76. The van der Waals surface area contributed by atoms with Gasteiger partial charge in [0, 0.05) is 6.42 Å². The van der Waals surface area contributed by atoms with E-state index in [0.717, 1.165) is 51.4 Å². The van der Waals surface area contributed by atoms with Crippen LogP contribution in [0.1, 0.15) is 218 Å². The first-order chi connectivity index (χ1) is 29.8. The Morgan fingerprint density at radius 2 is 1.05 bits per heavy atom. The molecule has 10 nitrogen and oxygen atoms in total. The number of benzene rings is 1. The molecule has 0 spiro atoms. The van der Waals surface area contributed by atoms with Crippen LogP contribution in [-0.4, -0.2) is 98.7 Å².